The molecule has 2 aromatic carbocycles. The average molecular weight is 358 g/mol. The second kappa shape index (κ2) is 6.26. The standard InChI is InChI=1S/C20H20ClNO3/c1-24-19(23)16-8-6-13-10-14(21)7-9-15(13)20(16)11-22-17-4-2-3-5-18(17)25-12-20/h2-5,7,9-10,16,22H,6,8,11-12H2,1H3/t16?,20-/m1/s1. The molecule has 1 aliphatic carbocycles. The van der Waals surface area contributed by atoms with E-state index in [4.69, 9.17) is 21.1 Å². The van der Waals surface area contributed by atoms with Crippen LogP contribution in [0, 0.1) is 5.92 Å². The lowest BCUT2D eigenvalue weighted by Gasteiger charge is -2.43. The number of aryl methyl sites for hydroxylation is 1. The quantitative estimate of drug-likeness (QED) is 0.788. The van der Waals surface area contributed by atoms with Gasteiger partial charge in [-0.25, -0.2) is 0 Å². The Labute approximate surface area is 152 Å². The van der Waals surface area contributed by atoms with Crippen molar-refractivity contribution in [3.8, 4) is 5.75 Å². The van der Waals surface area contributed by atoms with Crippen LogP contribution < -0.4 is 10.1 Å². The molecule has 2 aliphatic rings. The van der Waals surface area contributed by atoms with Crippen LogP contribution in [0.2, 0.25) is 5.02 Å². The number of para-hydroxylation sites is 2. The van der Waals surface area contributed by atoms with E-state index in [9.17, 15) is 4.79 Å². The minimum Gasteiger partial charge on any atom is -0.490 e. The number of hydrogen-bond acceptors (Lipinski definition) is 4. The lowest BCUT2D eigenvalue weighted by atomic mass is 9.63. The fraction of sp³-hybridized carbons (Fsp3) is 0.350. The van der Waals surface area contributed by atoms with E-state index < -0.39 is 5.41 Å². The predicted octanol–water partition coefficient (Wildman–Crippen LogP) is 3.82. The maximum atomic E-state index is 12.6. The van der Waals surface area contributed by atoms with E-state index in [0.29, 0.717) is 13.2 Å². The maximum absolute atomic E-state index is 12.6. The minimum atomic E-state index is -0.482. The van der Waals surface area contributed by atoms with E-state index in [1.807, 2.05) is 42.5 Å². The van der Waals surface area contributed by atoms with Gasteiger partial charge in [0.1, 0.15) is 12.4 Å². The van der Waals surface area contributed by atoms with Gasteiger partial charge in [-0.3, -0.25) is 4.79 Å². The molecule has 5 heteroatoms. The van der Waals surface area contributed by atoms with Crippen molar-refractivity contribution >= 4 is 23.3 Å². The van der Waals surface area contributed by atoms with Gasteiger partial charge in [0.25, 0.3) is 0 Å². The highest BCUT2D eigenvalue weighted by atomic mass is 35.5. The van der Waals surface area contributed by atoms with Gasteiger partial charge in [-0.15, -0.1) is 0 Å². The van der Waals surface area contributed by atoms with Crippen molar-refractivity contribution in [2.75, 3.05) is 25.6 Å². The molecule has 2 atom stereocenters. The number of esters is 1. The van der Waals surface area contributed by atoms with E-state index in [2.05, 4.69) is 5.32 Å². The highest BCUT2D eigenvalue weighted by molar-refractivity contribution is 6.30. The SMILES string of the molecule is COC(=O)C1CCc2cc(Cl)ccc2[C@]12CNc1ccccc1OC2. The second-order valence-electron chi connectivity index (χ2n) is 6.71. The molecule has 1 heterocycles. The Morgan fingerprint density at radius 2 is 2.16 bits per heavy atom. The van der Waals surface area contributed by atoms with Crippen LogP contribution in [0.4, 0.5) is 5.69 Å². The summed E-state index contributed by atoms with van der Waals surface area (Å²) >= 11 is 6.20. The average Bonchev–Trinajstić information content (AvgIpc) is 2.82. The van der Waals surface area contributed by atoms with E-state index in [1.54, 1.807) is 0 Å². The third-order valence-electron chi connectivity index (χ3n) is 5.43. The van der Waals surface area contributed by atoms with Crippen LogP contribution in [0.25, 0.3) is 0 Å². The summed E-state index contributed by atoms with van der Waals surface area (Å²) in [4.78, 5) is 12.6. The molecule has 4 rings (SSSR count). The number of anilines is 1. The smallest absolute Gasteiger partial charge is 0.309 e. The number of benzene rings is 2. The number of carbonyl (C=O) groups is 1. The molecule has 0 radical (unpaired) electrons. The fourth-order valence-electron chi connectivity index (χ4n) is 4.15. The molecule has 0 aromatic heterocycles. The van der Waals surface area contributed by atoms with Crippen molar-refractivity contribution in [2.45, 2.75) is 18.3 Å². The fourth-order valence-corrected chi connectivity index (χ4v) is 4.34. The van der Waals surface area contributed by atoms with E-state index >= 15 is 0 Å². The van der Waals surface area contributed by atoms with Gasteiger partial charge in [0.05, 0.1) is 24.1 Å². The van der Waals surface area contributed by atoms with Gasteiger partial charge in [0, 0.05) is 11.6 Å². The molecule has 0 amide bonds. The first kappa shape index (κ1) is 16.3. The Balaban J connectivity index is 1.82. The van der Waals surface area contributed by atoms with Gasteiger partial charge in [-0.2, -0.15) is 0 Å². The summed E-state index contributed by atoms with van der Waals surface area (Å²) in [7, 11) is 1.45. The molecule has 130 valence electrons. The first-order valence-corrected chi connectivity index (χ1v) is 8.84. The zero-order valence-electron chi connectivity index (χ0n) is 14.0. The van der Waals surface area contributed by atoms with Gasteiger partial charge >= 0.3 is 5.97 Å². The molecule has 0 saturated carbocycles. The Hall–Kier alpha value is -2.20. The summed E-state index contributed by atoms with van der Waals surface area (Å²) < 4.78 is 11.3. The number of fused-ring (bicyclic) bond motifs is 3. The Bertz CT molecular complexity index is 793. The van der Waals surface area contributed by atoms with Crippen molar-refractivity contribution in [2.24, 2.45) is 5.92 Å². The number of ether oxygens (including phenoxy) is 2. The summed E-state index contributed by atoms with van der Waals surface area (Å²) in [6.07, 6.45) is 1.53. The van der Waals surface area contributed by atoms with E-state index in [0.717, 1.165) is 34.9 Å². The highest BCUT2D eigenvalue weighted by Crippen LogP contribution is 2.45. The maximum Gasteiger partial charge on any atom is 0.309 e. The van der Waals surface area contributed by atoms with Gasteiger partial charge in [0.15, 0.2) is 0 Å². The van der Waals surface area contributed by atoms with Crippen LogP contribution in [0.1, 0.15) is 17.5 Å². The number of methoxy groups -OCH3 is 1. The van der Waals surface area contributed by atoms with Crippen LogP contribution in [-0.4, -0.2) is 26.2 Å². The van der Waals surface area contributed by atoms with Gasteiger partial charge in [-0.1, -0.05) is 29.8 Å². The number of hydrogen-bond donors (Lipinski definition) is 1. The third-order valence-corrected chi connectivity index (χ3v) is 5.66. The largest absolute Gasteiger partial charge is 0.490 e. The first-order chi connectivity index (χ1) is 12.1. The van der Waals surface area contributed by atoms with Gasteiger partial charge < -0.3 is 14.8 Å². The van der Waals surface area contributed by atoms with Crippen molar-refractivity contribution in [3.63, 3.8) is 0 Å². The molecule has 0 saturated heterocycles. The van der Waals surface area contributed by atoms with Gasteiger partial charge in [0.2, 0.25) is 0 Å². The first-order valence-electron chi connectivity index (χ1n) is 8.46. The lowest BCUT2D eigenvalue weighted by molar-refractivity contribution is -0.149. The molecule has 4 nitrogen and oxygen atoms in total. The topological polar surface area (TPSA) is 47.6 Å². The summed E-state index contributed by atoms with van der Waals surface area (Å²) in [6.45, 7) is 1.03. The molecular weight excluding hydrogens is 338 g/mol. The highest BCUT2D eigenvalue weighted by Gasteiger charge is 2.50. The van der Waals surface area contributed by atoms with Gasteiger partial charge in [-0.05, 0) is 48.2 Å². The van der Waals surface area contributed by atoms with Crippen LogP contribution in [0.5, 0.6) is 5.75 Å². The normalized spacial score (nSPS) is 24.3. The minimum absolute atomic E-state index is 0.183. The number of halogens is 1. The molecule has 0 bridgehead atoms. The molecule has 1 aliphatic heterocycles. The van der Waals surface area contributed by atoms with E-state index in [1.165, 1.54) is 12.7 Å². The zero-order chi connectivity index (χ0) is 17.4. The Morgan fingerprint density at radius 3 is 3.00 bits per heavy atom. The van der Waals surface area contributed by atoms with Crippen molar-refractivity contribution in [3.05, 3.63) is 58.6 Å². The van der Waals surface area contributed by atoms with Crippen LogP contribution in [-0.2, 0) is 21.4 Å². The number of nitrogens with one attached hydrogen (secondary N) is 1. The molecule has 1 unspecified atom stereocenters. The number of rotatable bonds is 1. The lowest BCUT2D eigenvalue weighted by Crippen LogP contribution is -2.51. The predicted molar refractivity (Wildman–Crippen MR) is 97.4 cm³/mol. The van der Waals surface area contributed by atoms with E-state index in [-0.39, 0.29) is 11.9 Å². The summed E-state index contributed by atoms with van der Waals surface area (Å²) in [5, 5.41) is 4.20. The Morgan fingerprint density at radius 1 is 1.32 bits per heavy atom. The van der Waals surface area contributed by atoms with Crippen LogP contribution in [0.15, 0.2) is 42.5 Å². The molecule has 1 N–H and O–H groups in total. The monoisotopic (exact) mass is 357 g/mol. The van der Waals surface area contributed by atoms with Crippen molar-refractivity contribution < 1.29 is 14.3 Å². The second-order valence-corrected chi connectivity index (χ2v) is 7.15. The molecule has 25 heavy (non-hydrogen) atoms. The summed E-state index contributed by atoms with van der Waals surface area (Å²) in [5.74, 6) is 0.369. The third kappa shape index (κ3) is 2.65. The molecular formula is C20H20ClNO3. The summed E-state index contributed by atoms with van der Waals surface area (Å²) in [6, 6.07) is 13.8. The number of carbonyl (C=O) groups excluding carboxylic acids is 1. The Kier molecular flexibility index (Phi) is 4.08. The van der Waals surface area contributed by atoms with Crippen molar-refractivity contribution in [1.82, 2.24) is 0 Å². The molecule has 2 aromatic rings. The molecule has 1 spiro atoms. The molecule has 0 fully saturated rings. The van der Waals surface area contributed by atoms with Crippen LogP contribution >= 0.6 is 11.6 Å². The zero-order valence-corrected chi connectivity index (χ0v) is 14.8. The summed E-state index contributed by atoms with van der Waals surface area (Å²) in [5.41, 5.74) is 2.77. The van der Waals surface area contributed by atoms with Crippen LogP contribution in [0.3, 0.4) is 0 Å². The van der Waals surface area contributed by atoms with Crippen molar-refractivity contribution in [1.29, 1.82) is 0 Å².